The summed E-state index contributed by atoms with van der Waals surface area (Å²) in [5, 5.41) is 54.7. The topological polar surface area (TPSA) is 149 Å². The molecule has 0 radical (unpaired) electrons. The predicted molar refractivity (Wildman–Crippen MR) is 337 cm³/mol. The van der Waals surface area contributed by atoms with Gasteiger partial charge in [0.25, 0.3) is 0 Å². The van der Waals surface area contributed by atoms with Crippen molar-refractivity contribution in [1.29, 1.82) is 0 Å². The average molecular weight is 1120 g/mol. The highest BCUT2D eigenvalue weighted by Gasteiger charge is 2.44. The number of aliphatic hydroxyl groups is 5. The second-order valence-electron chi connectivity index (χ2n) is 24.3. The molecule has 1 aliphatic heterocycles. The molecule has 1 heterocycles. The van der Waals surface area contributed by atoms with Crippen LogP contribution in [0.5, 0.6) is 0 Å². The molecule has 7 unspecified atom stereocenters. The van der Waals surface area contributed by atoms with E-state index in [0.29, 0.717) is 6.42 Å². The third kappa shape index (κ3) is 48.5. The quantitative estimate of drug-likeness (QED) is 0.0261. The maximum Gasteiger partial charge on any atom is 0.220 e. The first kappa shape index (κ1) is 75.4. The van der Waals surface area contributed by atoms with Crippen LogP contribution in [0.2, 0.25) is 0 Å². The van der Waals surface area contributed by atoms with Gasteiger partial charge in [0.2, 0.25) is 5.91 Å². The van der Waals surface area contributed by atoms with E-state index in [-0.39, 0.29) is 12.5 Å². The predicted octanol–water partition coefficient (Wildman–Crippen LogP) is 18.6. The van der Waals surface area contributed by atoms with Crippen molar-refractivity contribution in [3.63, 3.8) is 0 Å². The zero-order chi connectivity index (χ0) is 57.2. The molecule has 7 atom stereocenters. The van der Waals surface area contributed by atoms with E-state index in [0.717, 1.165) is 44.9 Å². The minimum Gasteiger partial charge on any atom is -0.394 e. The van der Waals surface area contributed by atoms with Crippen molar-refractivity contribution in [3.05, 3.63) is 36.5 Å². The van der Waals surface area contributed by atoms with Gasteiger partial charge in [-0.15, -0.1) is 0 Å². The Bertz CT molecular complexity index is 1340. The van der Waals surface area contributed by atoms with E-state index in [2.05, 4.69) is 43.5 Å². The van der Waals surface area contributed by atoms with Crippen LogP contribution in [0.25, 0.3) is 0 Å². The summed E-state index contributed by atoms with van der Waals surface area (Å²) in [6.07, 6.45) is 72.6. The largest absolute Gasteiger partial charge is 0.394 e. The molecule has 466 valence electrons. The number of allylic oxidation sites excluding steroid dienone is 5. The summed E-state index contributed by atoms with van der Waals surface area (Å²) in [4.78, 5) is 13.1. The first-order chi connectivity index (χ1) is 38.8. The first-order valence-corrected chi connectivity index (χ1v) is 34.7. The molecule has 1 fully saturated rings. The second-order valence-corrected chi connectivity index (χ2v) is 24.3. The zero-order valence-corrected chi connectivity index (χ0v) is 52.2. The maximum atomic E-state index is 13.1. The van der Waals surface area contributed by atoms with E-state index < -0.39 is 49.5 Å². The van der Waals surface area contributed by atoms with Gasteiger partial charge in [-0.25, -0.2) is 0 Å². The fourth-order valence-electron chi connectivity index (χ4n) is 11.3. The summed E-state index contributed by atoms with van der Waals surface area (Å²) in [7, 11) is 0. The van der Waals surface area contributed by atoms with Gasteiger partial charge in [0, 0.05) is 6.42 Å². The molecule has 1 amide bonds. The van der Waals surface area contributed by atoms with Crippen LogP contribution in [0.4, 0.5) is 0 Å². The first-order valence-electron chi connectivity index (χ1n) is 34.7. The van der Waals surface area contributed by atoms with Gasteiger partial charge in [0.05, 0.1) is 25.4 Å². The van der Waals surface area contributed by atoms with Gasteiger partial charge < -0.3 is 40.3 Å². The van der Waals surface area contributed by atoms with Crippen LogP contribution in [-0.2, 0) is 14.3 Å². The highest BCUT2D eigenvalue weighted by Crippen LogP contribution is 2.23. The Balaban J connectivity index is 2.16. The van der Waals surface area contributed by atoms with E-state index in [1.807, 2.05) is 6.08 Å². The minimum atomic E-state index is -1.57. The third-order valence-electron chi connectivity index (χ3n) is 16.7. The summed E-state index contributed by atoms with van der Waals surface area (Å²) in [5.41, 5.74) is 0. The number of amides is 1. The van der Waals surface area contributed by atoms with E-state index in [9.17, 15) is 30.3 Å². The van der Waals surface area contributed by atoms with Crippen molar-refractivity contribution in [2.75, 3.05) is 13.2 Å². The lowest BCUT2D eigenvalue weighted by Gasteiger charge is -2.40. The lowest BCUT2D eigenvalue weighted by atomic mass is 9.99. The Kier molecular flexibility index (Phi) is 56.9. The van der Waals surface area contributed by atoms with Gasteiger partial charge >= 0.3 is 0 Å². The monoisotopic (exact) mass is 1120 g/mol. The fraction of sp³-hybridized carbons (Fsp3) is 0.900. The van der Waals surface area contributed by atoms with E-state index in [4.69, 9.17) is 9.47 Å². The molecule has 79 heavy (non-hydrogen) atoms. The van der Waals surface area contributed by atoms with E-state index in [1.54, 1.807) is 6.08 Å². The van der Waals surface area contributed by atoms with Crippen molar-refractivity contribution >= 4 is 5.91 Å². The van der Waals surface area contributed by atoms with Crippen molar-refractivity contribution in [2.24, 2.45) is 0 Å². The summed E-state index contributed by atoms with van der Waals surface area (Å²) < 4.78 is 11.3. The average Bonchev–Trinajstić information content (AvgIpc) is 3.47. The maximum absolute atomic E-state index is 13.1. The molecule has 9 heteroatoms. The Morgan fingerprint density at radius 2 is 0.722 bits per heavy atom. The SMILES string of the molecule is CCCCCCCCCCCCCCCCCCC/C=C/CC/C=C/CC/C=C/C(O)C(COC1OC(CO)C(O)C(O)C1O)NC(=O)CCCCCCCCCCCCCCCCCCCCCCCCCCCCCCC. The van der Waals surface area contributed by atoms with Crippen LogP contribution in [0.15, 0.2) is 36.5 Å². The Labute approximate surface area is 489 Å². The molecule has 0 bridgehead atoms. The molecule has 0 aromatic rings. The standard InChI is InChI=1S/C70H133NO8/c1-3-5-7-9-11-13-15-17-19-21-23-25-27-29-31-32-34-36-38-40-42-44-46-48-50-52-54-56-58-60-66(74)71-63(62-78-70-69(77)68(76)67(75)65(61-72)79-70)64(73)59-57-55-53-51-49-47-45-43-41-39-37-35-33-30-28-26-24-22-20-18-16-14-12-10-8-6-4-2/h41,43,49,51,57,59,63-65,67-70,72-73,75-77H,3-40,42,44-48,50,52-56,58,60-62H2,1-2H3,(H,71,74)/b43-41+,51-49+,59-57+. The highest BCUT2D eigenvalue weighted by atomic mass is 16.7. The summed E-state index contributed by atoms with van der Waals surface area (Å²) in [6, 6.07) is -0.828. The summed E-state index contributed by atoms with van der Waals surface area (Å²) >= 11 is 0. The van der Waals surface area contributed by atoms with E-state index in [1.165, 1.54) is 283 Å². The van der Waals surface area contributed by atoms with Crippen molar-refractivity contribution < 1.29 is 39.8 Å². The fourth-order valence-corrected chi connectivity index (χ4v) is 11.3. The molecule has 1 saturated heterocycles. The molecule has 9 nitrogen and oxygen atoms in total. The van der Waals surface area contributed by atoms with Gasteiger partial charge in [-0.05, 0) is 44.9 Å². The van der Waals surface area contributed by atoms with Gasteiger partial charge in [-0.3, -0.25) is 4.79 Å². The van der Waals surface area contributed by atoms with Gasteiger partial charge in [0.15, 0.2) is 6.29 Å². The lowest BCUT2D eigenvalue weighted by molar-refractivity contribution is -0.302. The third-order valence-corrected chi connectivity index (χ3v) is 16.7. The highest BCUT2D eigenvalue weighted by molar-refractivity contribution is 5.76. The number of carbonyl (C=O) groups excluding carboxylic acids is 1. The number of nitrogens with one attached hydrogen (secondary N) is 1. The number of hydrogen-bond donors (Lipinski definition) is 6. The normalized spacial score (nSPS) is 18.7. The number of hydrogen-bond acceptors (Lipinski definition) is 8. The minimum absolute atomic E-state index is 0.183. The van der Waals surface area contributed by atoms with Crippen LogP contribution in [0.3, 0.4) is 0 Å². The zero-order valence-electron chi connectivity index (χ0n) is 52.2. The molecule has 6 N–H and O–H groups in total. The van der Waals surface area contributed by atoms with Crippen LogP contribution >= 0.6 is 0 Å². The number of ether oxygens (including phenoxy) is 2. The summed E-state index contributed by atoms with van der Waals surface area (Å²) in [6.45, 7) is 3.81. The molecule has 0 aliphatic carbocycles. The molecule has 0 spiro atoms. The molecule has 0 aromatic heterocycles. The van der Waals surface area contributed by atoms with Crippen LogP contribution in [-0.4, -0.2) is 87.5 Å². The van der Waals surface area contributed by atoms with Gasteiger partial charge in [0.1, 0.15) is 24.4 Å². The van der Waals surface area contributed by atoms with Gasteiger partial charge in [-0.2, -0.15) is 0 Å². The Morgan fingerprint density at radius 3 is 1.06 bits per heavy atom. The van der Waals surface area contributed by atoms with Crippen LogP contribution in [0.1, 0.15) is 348 Å². The molecule has 0 aromatic carbocycles. The Morgan fingerprint density at radius 1 is 0.418 bits per heavy atom. The summed E-state index contributed by atoms with van der Waals surface area (Å²) in [5.74, 6) is -0.183. The second kappa shape index (κ2) is 59.6. The van der Waals surface area contributed by atoms with Crippen molar-refractivity contribution in [2.45, 2.75) is 391 Å². The number of aliphatic hydroxyl groups excluding tert-OH is 5. The molecule has 1 aliphatic rings. The van der Waals surface area contributed by atoms with Gasteiger partial charge in [-0.1, -0.05) is 333 Å². The molecule has 1 rings (SSSR count). The lowest BCUT2D eigenvalue weighted by Crippen LogP contribution is -2.60. The smallest absolute Gasteiger partial charge is 0.220 e. The van der Waals surface area contributed by atoms with Crippen LogP contribution < -0.4 is 5.32 Å². The number of rotatable bonds is 61. The van der Waals surface area contributed by atoms with Crippen LogP contribution in [0, 0.1) is 0 Å². The van der Waals surface area contributed by atoms with Crippen molar-refractivity contribution in [1.82, 2.24) is 5.32 Å². The Hall–Kier alpha value is -1.59. The number of carbonyl (C=O) groups is 1. The van der Waals surface area contributed by atoms with E-state index >= 15 is 0 Å². The molecular weight excluding hydrogens is 983 g/mol. The number of unbranched alkanes of at least 4 members (excludes halogenated alkanes) is 47. The molecular formula is C70H133NO8. The van der Waals surface area contributed by atoms with Crippen molar-refractivity contribution in [3.8, 4) is 0 Å². The molecule has 0 saturated carbocycles.